The van der Waals surface area contributed by atoms with Gasteiger partial charge in [-0.1, -0.05) is 24.3 Å². The van der Waals surface area contributed by atoms with Gasteiger partial charge in [-0.2, -0.15) is 0 Å². The second-order valence-electron chi connectivity index (χ2n) is 7.33. The first-order chi connectivity index (χ1) is 14.6. The van der Waals surface area contributed by atoms with Crippen LogP contribution < -0.4 is 11.1 Å². The predicted molar refractivity (Wildman–Crippen MR) is 116 cm³/mol. The summed E-state index contributed by atoms with van der Waals surface area (Å²) >= 11 is 0. The summed E-state index contributed by atoms with van der Waals surface area (Å²) in [5.41, 5.74) is 9.09. The first kappa shape index (κ1) is 18.2. The highest BCUT2D eigenvalue weighted by Crippen LogP contribution is 2.40. The Bertz CT molecular complexity index is 1360. The zero-order chi connectivity index (χ0) is 20.8. The molecule has 0 spiro atoms. The SMILES string of the molecule is NCCCn1cc(C2=C(c3c[nH]c4ccccc34)C(=O)NC2=O)c2c(O)cccc21. The Morgan fingerprint density at radius 3 is 2.53 bits per heavy atom. The number of nitrogens with one attached hydrogen (secondary N) is 2. The van der Waals surface area contributed by atoms with Gasteiger partial charge < -0.3 is 20.4 Å². The van der Waals surface area contributed by atoms with Crippen LogP contribution in [0.5, 0.6) is 5.75 Å². The molecule has 7 heteroatoms. The fourth-order valence-corrected chi connectivity index (χ4v) is 4.22. The second kappa shape index (κ2) is 6.89. The second-order valence-corrected chi connectivity index (χ2v) is 7.33. The number of fused-ring (bicyclic) bond motifs is 2. The standard InChI is InChI=1S/C23H20N4O3/c24-9-4-10-27-12-15(19-17(27)7-3-8-18(19)28)21-20(22(29)26-23(21)30)14-11-25-16-6-2-1-5-13(14)16/h1-3,5-8,11-12,25,28H,4,9-10,24H2,(H,26,29,30). The molecule has 2 aromatic carbocycles. The number of para-hydroxylation sites is 1. The maximum Gasteiger partial charge on any atom is 0.259 e. The summed E-state index contributed by atoms with van der Waals surface area (Å²) in [6.07, 6.45) is 4.31. The van der Waals surface area contributed by atoms with Gasteiger partial charge in [-0.05, 0) is 31.2 Å². The number of benzene rings is 2. The number of carbonyl (C=O) groups is 2. The number of hydrogen-bond donors (Lipinski definition) is 4. The molecule has 7 nitrogen and oxygen atoms in total. The number of aryl methyl sites for hydroxylation is 1. The van der Waals surface area contributed by atoms with Crippen molar-refractivity contribution in [2.24, 2.45) is 5.73 Å². The third-order valence-corrected chi connectivity index (χ3v) is 5.55. The number of rotatable bonds is 5. The number of H-pyrrole nitrogens is 1. The topological polar surface area (TPSA) is 113 Å². The Hall–Kier alpha value is -3.84. The van der Waals surface area contributed by atoms with Crippen molar-refractivity contribution >= 4 is 44.8 Å². The van der Waals surface area contributed by atoms with Crippen molar-refractivity contribution in [2.45, 2.75) is 13.0 Å². The lowest BCUT2D eigenvalue weighted by molar-refractivity contribution is -0.122. The van der Waals surface area contributed by atoms with Crippen molar-refractivity contribution in [1.29, 1.82) is 0 Å². The van der Waals surface area contributed by atoms with Crippen LogP contribution in [0.1, 0.15) is 17.5 Å². The molecule has 0 bridgehead atoms. The average Bonchev–Trinajstić information content (AvgIpc) is 3.40. The van der Waals surface area contributed by atoms with E-state index in [1.165, 1.54) is 0 Å². The molecular weight excluding hydrogens is 380 g/mol. The van der Waals surface area contributed by atoms with E-state index in [4.69, 9.17) is 5.73 Å². The van der Waals surface area contributed by atoms with Gasteiger partial charge in [0.15, 0.2) is 0 Å². The third-order valence-electron chi connectivity index (χ3n) is 5.55. The molecule has 0 unspecified atom stereocenters. The van der Waals surface area contributed by atoms with E-state index in [2.05, 4.69) is 10.3 Å². The molecule has 1 aliphatic rings. The first-order valence-corrected chi connectivity index (χ1v) is 9.78. The number of imide groups is 1. The molecule has 2 aromatic heterocycles. The van der Waals surface area contributed by atoms with E-state index in [0.29, 0.717) is 35.2 Å². The monoisotopic (exact) mass is 400 g/mol. The van der Waals surface area contributed by atoms with Gasteiger partial charge >= 0.3 is 0 Å². The van der Waals surface area contributed by atoms with Crippen LogP contribution in [0.2, 0.25) is 0 Å². The minimum atomic E-state index is -0.471. The van der Waals surface area contributed by atoms with E-state index in [9.17, 15) is 14.7 Å². The van der Waals surface area contributed by atoms with Crippen molar-refractivity contribution in [3.63, 3.8) is 0 Å². The normalized spacial score (nSPS) is 14.3. The van der Waals surface area contributed by atoms with Gasteiger partial charge in [0, 0.05) is 46.4 Å². The van der Waals surface area contributed by atoms with Gasteiger partial charge in [0.2, 0.25) is 0 Å². The van der Waals surface area contributed by atoms with Crippen LogP contribution >= 0.6 is 0 Å². The largest absolute Gasteiger partial charge is 0.507 e. The minimum absolute atomic E-state index is 0.0620. The van der Waals surface area contributed by atoms with E-state index < -0.39 is 11.8 Å². The number of nitrogens with zero attached hydrogens (tertiary/aromatic N) is 1. The van der Waals surface area contributed by atoms with Crippen LogP contribution in [-0.2, 0) is 16.1 Å². The molecule has 2 amide bonds. The van der Waals surface area contributed by atoms with Crippen molar-refractivity contribution in [1.82, 2.24) is 14.9 Å². The van der Waals surface area contributed by atoms with E-state index in [1.807, 2.05) is 41.1 Å². The molecule has 0 saturated heterocycles. The maximum atomic E-state index is 12.9. The molecule has 0 aliphatic carbocycles. The number of phenols is 1. The quantitative estimate of drug-likeness (QED) is 0.386. The molecule has 5 N–H and O–H groups in total. The van der Waals surface area contributed by atoms with Crippen molar-refractivity contribution in [3.8, 4) is 5.75 Å². The molecule has 0 fully saturated rings. The summed E-state index contributed by atoms with van der Waals surface area (Å²) in [6.45, 7) is 1.16. The van der Waals surface area contributed by atoms with Gasteiger partial charge in [0.05, 0.1) is 16.7 Å². The van der Waals surface area contributed by atoms with E-state index in [-0.39, 0.29) is 11.3 Å². The minimum Gasteiger partial charge on any atom is -0.507 e. The van der Waals surface area contributed by atoms with Crippen molar-refractivity contribution < 1.29 is 14.7 Å². The number of amides is 2. The number of aromatic amines is 1. The molecule has 5 rings (SSSR count). The Morgan fingerprint density at radius 1 is 0.967 bits per heavy atom. The van der Waals surface area contributed by atoms with Crippen LogP contribution in [0.25, 0.3) is 33.0 Å². The first-order valence-electron chi connectivity index (χ1n) is 9.78. The lowest BCUT2D eigenvalue weighted by Gasteiger charge is -2.04. The molecule has 3 heterocycles. The van der Waals surface area contributed by atoms with Gasteiger partial charge in [-0.15, -0.1) is 0 Å². The van der Waals surface area contributed by atoms with Gasteiger partial charge in [-0.3, -0.25) is 14.9 Å². The van der Waals surface area contributed by atoms with Crippen LogP contribution in [0.4, 0.5) is 0 Å². The number of hydrogen-bond acceptors (Lipinski definition) is 4. The highest BCUT2D eigenvalue weighted by Gasteiger charge is 2.35. The highest BCUT2D eigenvalue weighted by atomic mass is 16.3. The molecule has 30 heavy (non-hydrogen) atoms. The molecular formula is C23H20N4O3. The summed E-state index contributed by atoms with van der Waals surface area (Å²) in [5, 5.41) is 14.4. The molecule has 4 aromatic rings. The van der Waals surface area contributed by atoms with Crippen LogP contribution in [0, 0.1) is 0 Å². The fourth-order valence-electron chi connectivity index (χ4n) is 4.22. The Balaban J connectivity index is 1.82. The van der Waals surface area contributed by atoms with Gasteiger partial charge in [0.25, 0.3) is 11.8 Å². The van der Waals surface area contributed by atoms with E-state index >= 15 is 0 Å². The van der Waals surface area contributed by atoms with Gasteiger partial charge in [0.1, 0.15) is 5.75 Å². The zero-order valence-corrected chi connectivity index (χ0v) is 16.1. The average molecular weight is 400 g/mol. The molecule has 150 valence electrons. The van der Waals surface area contributed by atoms with E-state index in [0.717, 1.165) is 22.8 Å². The van der Waals surface area contributed by atoms with Gasteiger partial charge in [-0.25, -0.2) is 0 Å². The van der Waals surface area contributed by atoms with E-state index in [1.54, 1.807) is 18.3 Å². The summed E-state index contributed by atoms with van der Waals surface area (Å²) in [4.78, 5) is 28.9. The molecule has 0 saturated carbocycles. The predicted octanol–water partition coefficient (Wildman–Crippen LogP) is 2.74. The zero-order valence-electron chi connectivity index (χ0n) is 16.1. The van der Waals surface area contributed by atoms with Crippen molar-refractivity contribution in [3.05, 3.63) is 66.0 Å². The Morgan fingerprint density at radius 2 is 1.73 bits per heavy atom. The number of aromatic nitrogens is 2. The molecule has 1 aliphatic heterocycles. The number of aromatic hydroxyl groups is 1. The summed E-state index contributed by atoms with van der Waals surface area (Å²) in [7, 11) is 0. The summed E-state index contributed by atoms with van der Waals surface area (Å²) in [5.74, 6) is -0.855. The van der Waals surface area contributed by atoms with Crippen LogP contribution in [-0.4, -0.2) is 33.0 Å². The summed E-state index contributed by atoms with van der Waals surface area (Å²) < 4.78 is 1.97. The Kier molecular flexibility index (Phi) is 4.18. The fraction of sp³-hybridized carbons (Fsp3) is 0.130. The Labute approximate surface area is 171 Å². The number of nitrogens with two attached hydrogens (primary N) is 1. The maximum absolute atomic E-state index is 12.9. The molecule has 0 radical (unpaired) electrons. The van der Waals surface area contributed by atoms with Crippen LogP contribution in [0.3, 0.4) is 0 Å². The summed E-state index contributed by atoms with van der Waals surface area (Å²) in [6, 6.07) is 12.8. The third kappa shape index (κ3) is 2.63. The number of carbonyl (C=O) groups excluding carboxylic acids is 2. The van der Waals surface area contributed by atoms with Crippen molar-refractivity contribution in [2.75, 3.05) is 6.54 Å². The lowest BCUT2D eigenvalue weighted by atomic mass is 9.95. The highest BCUT2D eigenvalue weighted by molar-refractivity contribution is 6.50. The molecule has 0 atom stereocenters. The lowest BCUT2D eigenvalue weighted by Crippen LogP contribution is -2.22. The smallest absolute Gasteiger partial charge is 0.259 e. The van der Waals surface area contributed by atoms with Crippen LogP contribution in [0.15, 0.2) is 54.9 Å². The number of phenolic OH excluding ortho intramolecular Hbond substituents is 1.